The summed E-state index contributed by atoms with van der Waals surface area (Å²) in [7, 11) is 0. The maximum Gasteiger partial charge on any atom is 0.143 e. The van der Waals surface area contributed by atoms with E-state index in [1.165, 1.54) is 0 Å². The Morgan fingerprint density at radius 3 is 3.00 bits per heavy atom. The number of aromatic amines is 1. The number of H-pyrrole nitrogens is 1. The minimum Gasteiger partial charge on any atom is -0.339 e. The molecule has 4 aromatic rings. The van der Waals surface area contributed by atoms with Gasteiger partial charge >= 0.3 is 0 Å². The lowest BCUT2D eigenvalue weighted by molar-refractivity contribution is 1.20. The Morgan fingerprint density at radius 1 is 1.18 bits per heavy atom. The average Bonchev–Trinajstić information content (AvgIpc) is 2.84. The van der Waals surface area contributed by atoms with Gasteiger partial charge in [0.1, 0.15) is 16.8 Å². The summed E-state index contributed by atoms with van der Waals surface area (Å²) < 4.78 is 2.02. The molecule has 0 unspecified atom stereocenters. The lowest BCUT2D eigenvalue weighted by Gasteiger charge is -1.94. The smallest absolute Gasteiger partial charge is 0.143 e. The fourth-order valence-electron chi connectivity index (χ4n) is 2.25. The number of pyridine rings is 1. The van der Waals surface area contributed by atoms with Crippen molar-refractivity contribution in [2.45, 2.75) is 0 Å². The lowest BCUT2D eigenvalue weighted by atomic mass is 10.2. The Balaban J connectivity index is 2.29. The summed E-state index contributed by atoms with van der Waals surface area (Å²) in [6, 6.07) is 11.9. The molecule has 0 fully saturated rings. The van der Waals surface area contributed by atoms with Gasteiger partial charge in [-0.3, -0.25) is 4.40 Å². The first kappa shape index (κ1) is 9.07. The van der Waals surface area contributed by atoms with Crippen molar-refractivity contribution in [2.75, 3.05) is 0 Å². The molecule has 0 spiro atoms. The number of nitrogens with zero attached hydrogens (tertiary/aromatic N) is 2. The molecule has 0 radical (unpaired) electrons. The van der Waals surface area contributed by atoms with E-state index in [2.05, 4.69) is 22.1 Å². The predicted octanol–water partition coefficient (Wildman–Crippen LogP) is 3.62. The van der Waals surface area contributed by atoms with E-state index in [-0.39, 0.29) is 0 Å². The number of aromatic nitrogens is 3. The van der Waals surface area contributed by atoms with Gasteiger partial charge in [0.15, 0.2) is 0 Å². The summed E-state index contributed by atoms with van der Waals surface area (Å²) in [5.74, 6) is 0. The second-order valence-corrected chi connectivity index (χ2v) is 4.49. The highest BCUT2D eigenvalue weighted by Crippen LogP contribution is 2.26. The van der Waals surface area contributed by atoms with Crippen molar-refractivity contribution in [1.29, 1.82) is 0 Å². The zero-order chi connectivity index (χ0) is 11.4. The largest absolute Gasteiger partial charge is 0.339 e. The van der Waals surface area contributed by atoms with Crippen LogP contribution in [0.3, 0.4) is 0 Å². The van der Waals surface area contributed by atoms with E-state index in [4.69, 9.17) is 11.6 Å². The Morgan fingerprint density at radius 2 is 2.06 bits per heavy atom. The van der Waals surface area contributed by atoms with Gasteiger partial charge in [0.25, 0.3) is 0 Å². The van der Waals surface area contributed by atoms with Crippen molar-refractivity contribution < 1.29 is 0 Å². The first-order chi connectivity index (χ1) is 8.33. The zero-order valence-corrected chi connectivity index (χ0v) is 9.57. The van der Waals surface area contributed by atoms with E-state index in [0.717, 1.165) is 27.7 Å². The van der Waals surface area contributed by atoms with E-state index in [1.807, 2.05) is 34.9 Å². The third-order valence-corrected chi connectivity index (χ3v) is 3.26. The molecule has 3 heterocycles. The molecule has 0 atom stereocenters. The number of hydrogen-bond donors (Lipinski definition) is 1. The lowest BCUT2D eigenvalue weighted by Crippen LogP contribution is -1.83. The third kappa shape index (κ3) is 1.14. The molecule has 0 amide bonds. The molecule has 4 heteroatoms. The van der Waals surface area contributed by atoms with Gasteiger partial charge in [-0.2, -0.15) is 0 Å². The van der Waals surface area contributed by atoms with Crippen molar-refractivity contribution in [3.8, 4) is 0 Å². The van der Waals surface area contributed by atoms with Crippen LogP contribution in [0.25, 0.3) is 27.7 Å². The Labute approximate surface area is 102 Å². The fourth-order valence-corrected chi connectivity index (χ4v) is 2.41. The minimum absolute atomic E-state index is 0.703. The summed E-state index contributed by atoms with van der Waals surface area (Å²) in [5.41, 5.74) is 3.97. The number of nitrogens with one attached hydrogen (secondary N) is 1. The highest BCUT2D eigenvalue weighted by Gasteiger charge is 2.10. The van der Waals surface area contributed by atoms with Crippen molar-refractivity contribution in [1.82, 2.24) is 14.4 Å². The van der Waals surface area contributed by atoms with Crippen molar-refractivity contribution >= 4 is 39.3 Å². The second-order valence-electron chi connectivity index (χ2n) is 4.05. The fraction of sp³-hybridized carbons (Fsp3) is 0. The van der Waals surface area contributed by atoms with Crippen molar-refractivity contribution in [3.63, 3.8) is 0 Å². The molecule has 1 N–H and O–H groups in total. The average molecular weight is 242 g/mol. The molecule has 0 saturated heterocycles. The van der Waals surface area contributed by atoms with Gasteiger partial charge in [-0.25, -0.2) is 4.98 Å². The van der Waals surface area contributed by atoms with Crippen LogP contribution in [0.4, 0.5) is 0 Å². The molecule has 82 valence electrons. The van der Waals surface area contributed by atoms with Crippen LogP contribution in [-0.2, 0) is 0 Å². The first-order valence-corrected chi connectivity index (χ1v) is 5.75. The SMILES string of the molecule is Clc1ccn2c(c1)nc1c3ccccc3[nH]c12. The number of fused-ring (bicyclic) bond motifs is 5. The van der Waals surface area contributed by atoms with Crippen LogP contribution < -0.4 is 0 Å². The molecule has 0 bridgehead atoms. The van der Waals surface area contributed by atoms with Gasteiger partial charge in [0.05, 0.1) is 0 Å². The summed E-state index contributed by atoms with van der Waals surface area (Å²) in [5, 5.41) is 1.84. The maximum atomic E-state index is 5.97. The Bertz CT molecular complexity index is 857. The van der Waals surface area contributed by atoms with Gasteiger partial charge in [0.2, 0.25) is 0 Å². The molecule has 1 aromatic carbocycles. The number of para-hydroxylation sites is 1. The number of hydrogen-bond acceptors (Lipinski definition) is 1. The molecule has 17 heavy (non-hydrogen) atoms. The van der Waals surface area contributed by atoms with E-state index in [9.17, 15) is 0 Å². The van der Waals surface area contributed by atoms with Gasteiger partial charge in [0, 0.05) is 28.2 Å². The van der Waals surface area contributed by atoms with E-state index in [1.54, 1.807) is 0 Å². The number of rotatable bonds is 0. The summed E-state index contributed by atoms with van der Waals surface area (Å²) in [6.45, 7) is 0. The summed E-state index contributed by atoms with van der Waals surface area (Å²) >= 11 is 5.97. The summed E-state index contributed by atoms with van der Waals surface area (Å²) in [6.07, 6.45) is 1.93. The monoisotopic (exact) mass is 241 g/mol. The quantitative estimate of drug-likeness (QED) is 0.501. The van der Waals surface area contributed by atoms with Crippen LogP contribution in [0.5, 0.6) is 0 Å². The van der Waals surface area contributed by atoms with E-state index >= 15 is 0 Å². The Hall–Kier alpha value is -2.00. The van der Waals surface area contributed by atoms with Crippen LogP contribution in [-0.4, -0.2) is 14.4 Å². The van der Waals surface area contributed by atoms with Gasteiger partial charge in [-0.1, -0.05) is 29.8 Å². The molecular weight excluding hydrogens is 234 g/mol. The summed E-state index contributed by atoms with van der Waals surface area (Å²) in [4.78, 5) is 7.99. The molecule has 0 aliphatic carbocycles. The molecule has 4 rings (SSSR count). The van der Waals surface area contributed by atoms with E-state index in [0.29, 0.717) is 5.02 Å². The Kier molecular flexibility index (Phi) is 1.61. The van der Waals surface area contributed by atoms with Crippen LogP contribution in [0.15, 0.2) is 42.6 Å². The molecule has 0 aliphatic rings. The maximum absolute atomic E-state index is 5.97. The topological polar surface area (TPSA) is 33.1 Å². The minimum atomic E-state index is 0.703. The van der Waals surface area contributed by atoms with Crippen molar-refractivity contribution in [2.24, 2.45) is 0 Å². The molecule has 0 saturated carbocycles. The number of benzene rings is 1. The highest BCUT2D eigenvalue weighted by molar-refractivity contribution is 6.30. The third-order valence-electron chi connectivity index (χ3n) is 3.02. The molecule has 3 aromatic heterocycles. The molecule has 0 aliphatic heterocycles. The van der Waals surface area contributed by atoms with Crippen LogP contribution in [0.1, 0.15) is 0 Å². The van der Waals surface area contributed by atoms with Crippen LogP contribution in [0, 0.1) is 0 Å². The zero-order valence-electron chi connectivity index (χ0n) is 8.81. The number of halogens is 1. The standard InChI is InChI=1S/C13H8ClN3/c14-8-5-6-17-11(7-8)16-12-9-3-1-2-4-10(9)15-13(12)17/h1-7,15H. The van der Waals surface area contributed by atoms with Crippen LogP contribution in [0.2, 0.25) is 5.02 Å². The number of imidazole rings is 1. The van der Waals surface area contributed by atoms with E-state index < -0.39 is 0 Å². The molecular formula is C13H8ClN3. The molecule has 3 nitrogen and oxygen atoms in total. The predicted molar refractivity (Wildman–Crippen MR) is 69.6 cm³/mol. The normalized spacial score (nSPS) is 11.8. The second kappa shape index (κ2) is 3.02. The first-order valence-electron chi connectivity index (χ1n) is 5.37. The van der Waals surface area contributed by atoms with Crippen LogP contribution >= 0.6 is 11.6 Å². The van der Waals surface area contributed by atoms with Crippen molar-refractivity contribution in [3.05, 3.63) is 47.6 Å². The van der Waals surface area contributed by atoms with Gasteiger partial charge in [-0.15, -0.1) is 0 Å². The van der Waals surface area contributed by atoms with Gasteiger partial charge in [-0.05, 0) is 12.1 Å². The van der Waals surface area contributed by atoms with Gasteiger partial charge < -0.3 is 4.98 Å². The highest BCUT2D eigenvalue weighted by atomic mass is 35.5.